The van der Waals surface area contributed by atoms with Gasteiger partial charge in [-0.05, 0) is 12.1 Å². The van der Waals surface area contributed by atoms with Crippen molar-refractivity contribution in [1.82, 2.24) is 4.98 Å². The minimum atomic E-state index is -3.08. The number of rotatable bonds is 4. The summed E-state index contributed by atoms with van der Waals surface area (Å²) in [6, 6.07) is 10.7. The van der Waals surface area contributed by atoms with E-state index in [1.807, 2.05) is 18.2 Å². The van der Waals surface area contributed by atoms with E-state index in [0.29, 0.717) is 5.52 Å². The van der Waals surface area contributed by atoms with Gasteiger partial charge in [0.1, 0.15) is 12.3 Å². The number of fused-ring (bicyclic) bond motifs is 1. The van der Waals surface area contributed by atoms with E-state index < -0.39 is 20.6 Å². The molecule has 0 saturated carbocycles. The lowest BCUT2D eigenvalue weighted by Crippen LogP contribution is -2.08. The van der Waals surface area contributed by atoms with Gasteiger partial charge in [0.2, 0.25) is 5.78 Å². The van der Waals surface area contributed by atoms with Gasteiger partial charge in [0.25, 0.3) is 0 Å². The van der Waals surface area contributed by atoms with E-state index in [0.717, 1.165) is 5.39 Å². The zero-order valence-corrected chi connectivity index (χ0v) is 9.79. The van der Waals surface area contributed by atoms with Crippen molar-refractivity contribution in [2.24, 2.45) is 0 Å². The van der Waals surface area contributed by atoms with Crippen molar-refractivity contribution >= 4 is 24.9 Å². The number of nitrogens with zero attached hydrogens (tertiary/aromatic N) is 1. The largest absolute Gasteiger partial charge is 0.326 e. The summed E-state index contributed by atoms with van der Waals surface area (Å²) in [5.41, 5.74) is 0.932. The number of ketones is 1. The third-order valence-electron chi connectivity index (χ3n) is 2.21. The predicted molar refractivity (Wildman–Crippen MR) is 63.2 cm³/mol. The Balaban J connectivity index is 2.24. The fourth-order valence-electron chi connectivity index (χ4n) is 1.42. The van der Waals surface area contributed by atoms with Crippen LogP contribution < -0.4 is 0 Å². The van der Waals surface area contributed by atoms with Crippen molar-refractivity contribution in [3.05, 3.63) is 42.1 Å². The molecule has 1 aromatic heterocycles. The molecule has 0 amide bonds. The average molecular weight is 251 g/mol. The van der Waals surface area contributed by atoms with Crippen molar-refractivity contribution in [3.8, 4) is 0 Å². The third-order valence-corrected chi connectivity index (χ3v) is 2.60. The normalized spacial score (nSPS) is 12.5. The van der Waals surface area contributed by atoms with Gasteiger partial charge in [-0.2, -0.15) is 0 Å². The van der Waals surface area contributed by atoms with Crippen LogP contribution in [0, 0.1) is 0 Å². The fourth-order valence-corrected chi connectivity index (χ4v) is 1.68. The van der Waals surface area contributed by atoms with Crippen molar-refractivity contribution in [1.29, 1.82) is 0 Å². The van der Waals surface area contributed by atoms with Crippen molar-refractivity contribution in [2.75, 3.05) is 6.61 Å². The van der Waals surface area contributed by atoms with E-state index in [1.54, 1.807) is 18.2 Å². The molecule has 0 radical (unpaired) electrons. The summed E-state index contributed by atoms with van der Waals surface area (Å²) in [7, 11) is -3.08. The monoisotopic (exact) mass is 251 g/mol. The van der Waals surface area contributed by atoms with Crippen LogP contribution in [-0.4, -0.2) is 22.3 Å². The van der Waals surface area contributed by atoms with Crippen LogP contribution in [0.4, 0.5) is 0 Å². The molecule has 88 valence electrons. The minimum absolute atomic E-state index is 0.229. The summed E-state index contributed by atoms with van der Waals surface area (Å²) < 4.78 is 14.7. The van der Waals surface area contributed by atoms with Crippen LogP contribution in [0.2, 0.25) is 0 Å². The average Bonchev–Trinajstić information content (AvgIpc) is 2.35. The number of carbonyl (C=O) groups is 1. The molecule has 0 bridgehead atoms. The highest BCUT2D eigenvalue weighted by molar-refractivity contribution is 7.32. The first-order chi connectivity index (χ1) is 8.16. The van der Waals surface area contributed by atoms with Crippen LogP contribution in [0.5, 0.6) is 0 Å². The van der Waals surface area contributed by atoms with Crippen molar-refractivity contribution in [2.45, 2.75) is 0 Å². The van der Waals surface area contributed by atoms with Crippen molar-refractivity contribution in [3.63, 3.8) is 0 Å². The Hall–Kier alpha value is -1.55. The molecule has 17 heavy (non-hydrogen) atoms. The molecule has 0 aliphatic rings. The lowest BCUT2D eigenvalue weighted by atomic mass is 10.2. The van der Waals surface area contributed by atoms with Crippen LogP contribution in [0.25, 0.3) is 10.9 Å². The van der Waals surface area contributed by atoms with E-state index in [9.17, 15) is 9.36 Å². The Morgan fingerprint density at radius 1 is 1.29 bits per heavy atom. The summed E-state index contributed by atoms with van der Waals surface area (Å²) in [4.78, 5) is 24.2. The molecule has 0 aliphatic carbocycles. The molecule has 6 heteroatoms. The third kappa shape index (κ3) is 2.97. The molecule has 0 aliphatic heterocycles. The molecule has 5 nitrogen and oxygen atoms in total. The summed E-state index contributed by atoms with van der Waals surface area (Å²) in [5, 5.41) is 0.931. The van der Waals surface area contributed by atoms with Crippen LogP contribution in [-0.2, 0) is 9.09 Å². The summed E-state index contributed by atoms with van der Waals surface area (Å²) in [6.07, 6.45) is 0. The van der Waals surface area contributed by atoms with E-state index in [2.05, 4.69) is 9.51 Å². The lowest BCUT2D eigenvalue weighted by Gasteiger charge is -2.02. The van der Waals surface area contributed by atoms with E-state index in [4.69, 9.17) is 4.89 Å². The highest BCUT2D eigenvalue weighted by atomic mass is 31.1. The Morgan fingerprint density at radius 3 is 2.82 bits per heavy atom. The molecule has 1 unspecified atom stereocenters. The van der Waals surface area contributed by atoms with Gasteiger partial charge in [0.15, 0.2) is 0 Å². The quantitative estimate of drug-likeness (QED) is 0.662. The molecular weight excluding hydrogens is 241 g/mol. The van der Waals surface area contributed by atoms with Gasteiger partial charge in [-0.15, -0.1) is 0 Å². The number of Topliss-reactive ketones (excluding diaryl/α,β-unsaturated/α-hetero) is 1. The van der Waals surface area contributed by atoms with Gasteiger partial charge < -0.3 is 9.42 Å². The highest BCUT2D eigenvalue weighted by Crippen LogP contribution is 2.16. The molecule has 1 N–H and O–H groups in total. The number of carbonyl (C=O) groups excluding carboxylic acids is 1. The number of benzene rings is 1. The van der Waals surface area contributed by atoms with Crippen LogP contribution >= 0.6 is 8.25 Å². The maximum absolute atomic E-state index is 11.6. The summed E-state index contributed by atoms with van der Waals surface area (Å²) in [6.45, 7) is -0.431. The summed E-state index contributed by atoms with van der Waals surface area (Å²) >= 11 is 0. The lowest BCUT2D eigenvalue weighted by molar-refractivity contribution is 0.0912. The Labute approximate surface area is 98.0 Å². The molecular formula is C11H10NO4P. The van der Waals surface area contributed by atoms with Crippen LogP contribution in [0.1, 0.15) is 10.5 Å². The van der Waals surface area contributed by atoms with E-state index in [-0.39, 0.29) is 5.69 Å². The van der Waals surface area contributed by atoms with E-state index in [1.165, 1.54) is 0 Å². The first-order valence-electron chi connectivity index (χ1n) is 4.91. The summed E-state index contributed by atoms with van der Waals surface area (Å²) in [5.74, 6) is -0.414. The molecule has 1 heterocycles. The molecule has 0 saturated heterocycles. The standard InChI is InChI=1S/C11H10NO4P/c13-11(7-16-17(14)15)10-6-5-8-3-1-2-4-9(8)12-10/h1-6,17H,7H2,(H,14,15). The van der Waals surface area contributed by atoms with E-state index >= 15 is 0 Å². The second-order valence-corrected chi connectivity index (χ2v) is 4.19. The SMILES string of the molecule is O=C(CO[PH](=O)O)c1ccc2ccccc2n1. The first-order valence-corrected chi connectivity index (χ1v) is 6.18. The van der Waals surface area contributed by atoms with Crippen LogP contribution in [0.15, 0.2) is 36.4 Å². The molecule has 0 fully saturated rings. The Morgan fingerprint density at radius 2 is 2.06 bits per heavy atom. The maximum Gasteiger partial charge on any atom is 0.317 e. The topological polar surface area (TPSA) is 76.5 Å². The molecule has 2 rings (SSSR count). The number of pyridine rings is 1. The van der Waals surface area contributed by atoms with Gasteiger partial charge >= 0.3 is 8.25 Å². The van der Waals surface area contributed by atoms with Gasteiger partial charge in [-0.3, -0.25) is 9.36 Å². The van der Waals surface area contributed by atoms with Crippen LogP contribution in [0.3, 0.4) is 0 Å². The second kappa shape index (κ2) is 5.19. The number of hydrogen-bond donors (Lipinski definition) is 1. The Bertz CT molecular complexity index is 584. The zero-order valence-electron chi connectivity index (χ0n) is 8.79. The molecule has 0 spiro atoms. The van der Waals surface area contributed by atoms with Gasteiger partial charge in [-0.1, -0.05) is 24.3 Å². The first kappa shape index (κ1) is 11.9. The fraction of sp³-hybridized carbons (Fsp3) is 0.0909. The zero-order chi connectivity index (χ0) is 12.3. The van der Waals surface area contributed by atoms with Gasteiger partial charge in [-0.25, -0.2) is 4.98 Å². The minimum Gasteiger partial charge on any atom is -0.326 e. The smallest absolute Gasteiger partial charge is 0.317 e. The van der Waals surface area contributed by atoms with Gasteiger partial charge in [0.05, 0.1) is 5.52 Å². The predicted octanol–water partition coefficient (Wildman–Crippen LogP) is 1.82. The maximum atomic E-state index is 11.6. The Kier molecular flexibility index (Phi) is 3.64. The number of aromatic nitrogens is 1. The molecule has 1 aromatic carbocycles. The second-order valence-electron chi connectivity index (χ2n) is 3.37. The molecule has 1 atom stereocenters. The molecule has 2 aromatic rings. The number of para-hydroxylation sites is 1. The highest BCUT2D eigenvalue weighted by Gasteiger charge is 2.09. The van der Waals surface area contributed by atoms with Gasteiger partial charge in [0, 0.05) is 5.39 Å². The number of hydrogen-bond acceptors (Lipinski definition) is 4. The van der Waals surface area contributed by atoms with Crippen molar-refractivity contribution < 1.29 is 18.8 Å².